The number of fused-ring (bicyclic) bond motifs is 1. The predicted octanol–water partition coefficient (Wildman–Crippen LogP) is -1.01. The van der Waals surface area contributed by atoms with E-state index in [1.165, 1.54) is 75.8 Å². The van der Waals surface area contributed by atoms with Crippen LogP contribution in [0.2, 0.25) is 0 Å². The maximum absolute atomic E-state index is 13.3. The van der Waals surface area contributed by atoms with Crippen LogP contribution in [0.5, 0.6) is 40.2 Å². The summed E-state index contributed by atoms with van der Waals surface area (Å²) < 4.78 is 57.2. The van der Waals surface area contributed by atoms with Crippen LogP contribution in [0.3, 0.4) is 0 Å². The molecule has 0 aliphatic carbocycles. The van der Waals surface area contributed by atoms with E-state index in [0.717, 1.165) is 12.1 Å². The molecule has 0 saturated carbocycles. The van der Waals surface area contributed by atoms with Crippen molar-refractivity contribution in [2.45, 2.75) is 99.0 Å². The molecule has 4 heterocycles. The molecule has 0 spiro atoms. The van der Waals surface area contributed by atoms with Crippen molar-refractivity contribution < 1.29 is 113 Å². The third-order valence-electron chi connectivity index (χ3n) is 11.3. The lowest BCUT2D eigenvalue weighted by Crippen LogP contribution is -2.62. The van der Waals surface area contributed by atoms with Gasteiger partial charge in [0, 0.05) is 24.3 Å². The lowest BCUT2D eigenvalue weighted by molar-refractivity contribution is -0.319. The number of aliphatic hydroxyl groups excluding tert-OH is 9. The van der Waals surface area contributed by atoms with Crippen LogP contribution in [0, 0.1) is 0 Å². The van der Waals surface area contributed by atoms with E-state index < -0.39 is 117 Å². The Morgan fingerprint density at radius 3 is 1.99 bits per heavy atom. The topological polar surface area (TPSA) is 354 Å². The highest BCUT2D eigenvalue weighted by Gasteiger charge is 2.51. The highest BCUT2D eigenvalue weighted by molar-refractivity contribution is 5.89. The zero-order valence-corrected chi connectivity index (χ0v) is 35.8. The van der Waals surface area contributed by atoms with Gasteiger partial charge in [-0.3, -0.25) is 0 Å². The van der Waals surface area contributed by atoms with Crippen molar-refractivity contribution in [2.24, 2.45) is 0 Å². The molecule has 3 fully saturated rings. The van der Waals surface area contributed by atoms with Crippen molar-refractivity contribution in [2.75, 3.05) is 27.4 Å². The van der Waals surface area contributed by atoms with E-state index in [9.17, 15) is 66.1 Å². The van der Waals surface area contributed by atoms with Gasteiger partial charge >= 0.3 is 17.3 Å². The monoisotopic (exact) mass is 947 g/mol. The second-order valence-electron chi connectivity index (χ2n) is 15.8. The van der Waals surface area contributed by atoms with Gasteiger partial charge in [0.15, 0.2) is 41.5 Å². The molecule has 0 amide bonds. The van der Waals surface area contributed by atoms with Crippen LogP contribution in [0.1, 0.15) is 12.5 Å². The highest BCUT2D eigenvalue weighted by atomic mass is 16.7. The number of methoxy groups -OCH3 is 2. The van der Waals surface area contributed by atoms with E-state index in [1.807, 2.05) is 0 Å². The van der Waals surface area contributed by atoms with Crippen LogP contribution in [0.25, 0.3) is 28.4 Å². The third kappa shape index (κ3) is 10.4. The first-order valence-electron chi connectivity index (χ1n) is 20.7. The summed E-state index contributed by atoms with van der Waals surface area (Å²) in [7, 11) is 2.61. The molecule has 15 atom stereocenters. The molecule has 23 nitrogen and oxygen atoms in total. The first kappa shape index (κ1) is 49.3. The Morgan fingerprint density at radius 2 is 1.28 bits per heavy atom. The molecular weight excluding hydrogens is 896 g/mol. The maximum Gasteiger partial charge on any atom is 0.402 e. The molecule has 364 valence electrons. The summed E-state index contributed by atoms with van der Waals surface area (Å²) in [6.07, 6.45) is -23.1. The second kappa shape index (κ2) is 20.7. The number of aromatic hydroxyl groups is 3. The van der Waals surface area contributed by atoms with Crippen molar-refractivity contribution >= 4 is 23.0 Å². The van der Waals surface area contributed by atoms with E-state index in [-0.39, 0.29) is 56.8 Å². The zero-order valence-electron chi connectivity index (χ0n) is 35.8. The molecule has 3 aliphatic heterocycles. The van der Waals surface area contributed by atoms with E-state index in [2.05, 4.69) is 0 Å². The molecule has 3 saturated heterocycles. The summed E-state index contributed by atoms with van der Waals surface area (Å²) in [4.78, 5) is 13.3. The van der Waals surface area contributed by atoms with Gasteiger partial charge in [0.25, 0.3) is 0 Å². The van der Waals surface area contributed by atoms with E-state index in [1.54, 1.807) is 0 Å². The first-order chi connectivity index (χ1) is 31.9. The van der Waals surface area contributed by atoms with Crippen LogP contribution < -0.4 is 18.9 Å². The zero-order chi connectivity index (χ0) is 48.4. The van der Waals surface area contributed by atoms with Crippen LogP contribution >= 0.6 is 0 Å². The van der Waals surface area contributed by atoms with E-state index in [4.69, 9.17) is 47.0 Å². The summed E-state index contributed by atoms with van der Waals surface area (Å²) in [5, 5.41) is 127. The number of hydrogen-bond donors (Lipinski definition) is 12. The van der Waals surface area contributed by atoms with Crippen LogP contribution in [0.4, 0.5) is 0 Å². The van der Waals surface area contributed by atoms with Crippen molar-refractivity contribution in [1.29, 1.82) is 0 Å². The first-order valence-corrected chi connectivity index (χ1v) is 20.7. The summed E-state index contributed by atoms with van der Waals surface area (Å²) in [6, 6.07) is 11.7. The molecule has 0 unspecified atom stereocenters. The molecule has 0 bridgehead atoms. The molecule has 3 aromatic carbocycles. The van der Waals surface area contributed by atoms with Crippen LogP contribution in [0.15, 0.2) is 65.1 Å². The number of esters is 1. The smallest absolute Gasteiger partial charge is 0.402 e. The predicted molar refractivity (Wildman–Crippen MR) is 224 cm³/mol. The van der Waals surface area contributed by atoms with E-state index in [0.29, 0.717) is 5.56 Å². The Bertz CT molecular complexity index is 2390. The fourth-order valence-corrected chi connectivity index (χ4v) is 7.54. The Kier molecular flexibility index (Phi) is 15.2. The normalized spacial score (nSPS) is 32.2. The number of hydrogen-bond acceptors (Lipinski definition) is 22. The van der Waals surface area contributed by atoms with Crippen molar-refractivity contribution in [1.82, 2.24) is 0 Å². The molecule has 1 aromatic heterocycles. The lowest BCUT2D eigenvalue weighted by atomic mass is 9.98. The van der Waals surface area contributed by atoms with Crippen molar-refractivity contribution in [3.05, 3.63) is 66.2 Å². The van der Waals surface area contributed by atoms with Crippen LogP contribution in [-0.2, 0) is 28.5 Å². The molecule has 4 aromatic rings. The number of carbonyl (C=O) groups excluding carboxylic acids is 1. The number of rotatable bonds is 14. The minimum absolute atomic E-state index is 0.0262. The van der Waals surface area contributed by atoms with Gasteiger partial charge in [-0.1, -0.05) is 6.07 Å². The lowest BCUT2D eigenvalue weighted by Gasteiger charge is -2.43. The standard InChI is InChI=1S/C44H50O23/c1-17-32(50)35(53)37(55)42(61-17)60-16-30-34(52)41(67-31(49)9-5-18-4-7-22(47)26(10-18)58-2)39(57)44(66-30)64-28-14-21-24(62-40(28)19-6-8-23(48)27(11-19)59-3)12-20(46)13-25(21)63-43-38(56)36(54)33(51)29(15-45)65-43/h4-14,17,29-30,32-39,41-45,50-57H,15-16H2,1-3H3,(H2-,46,47,48,49)/p+1/t17-,29+,30+,32-,33+,34+,35+,36-,37+,38+,39+,41-,42+,43+,44+/m0/s1. The quantitative estimate of drug-likeness (QED) is 0.0409. The fourth-order valence-electron chi connectivity index (χ4n) is 7.54. The van der Waals surface area contributed by atoms with Gasteiger partial charge in [-0.05, 0) is 42.8 Å². The summed E-state index contributed by atoms with van der Waals surface area (Å²) in [5.74, 6) is -2.62. The summed E-state index contributed by atoms with van der Waals surface area (Å²) >= 11 is 0. The molecule has 0 radical (unpaired) electrons. The molecule has 23 heteroatoms. The number of phenols is 3. The minimum atomic E-state index is -2.03. The molecule has 7 rings (SSSR count). The Morgan fingerprint density at radius 1 is 0.657 bits per heavy atom. The summed E-state index contributed by atoms with van der Waals surface area (Å²) in [5.41, 5.74) is 0.438. The SMILES string of the molecule is COc1cc(C=CC(=O)O[C@@H]2[C@@H](O)[C@H](Oc3cc4c(O[C@@H]5O[C@H](CO)[C@@H](O)[C@H](O)[C@H]5O)cc(O)cc4[o+]c3-c3ccc(O)c(OC)c3)O[C@H](CO[C@@H]3O[C@@H](C)[C@H](O)[C@@H](O)[C@H]3O)[C@H]2O)ccc1O. The number of carbonyl (C=O) groups is 1. The van der Waals surface area contributed by atoms with Gasteiger partial charge in [-0.25, -0.2) is 9.21 Å². The average Bonchev–Trinajstić information content (AvgIpc) is 3.31. The Balaban J connectivity index is 1.27. The second-order valence-corrected chi connectivity index (χ2v) is 15.8. The minimum Gasteiger partial charge on any atom is -0.507 e. The van der Waals surface area contributed by atoms with Gasteiger partial charge in [0.2, 0.25) is 18.3 Å². The van der Waals surface area contributed by atoms with E-state index >= 15 is 0 Å². The Labute approximate surface area is 379 Å². The molecular formula is C44H51O23+. The third-order valence-corrected chi connectivity index (χ3v) is 11.3. The van der Waals surface area contributed by atoms with Gasteiger partial charge in [-0.2, -0.15) is 0 Å². The number of benzene rings is 3. The maximum atomic E-state index is 13.3. The van der Waals surface area contributed by atoms with Crippen LogP contribution in [-0.4, -0.2) is 187 Å². The average molecular weight is 948 g/mol. The molecule has 12 N–H and O–H groups in total. The Hall–Kier alpha value is -5.64. The number of phenolic OH excluding ortho intramolecular Hbond substituents is 3. The summed E-state index contributed by atoms with van der Waals surface area (Å²) in [6.45, 7) is -0.0403. The van der Waals surface area contributed by atoms with Gasteiger partial charge in [0.05, 0.1) is 45.2 Å². The number of ether oxygens (including phenoxy) is 9. The largest absolute Gasteiger partial charge is 0.507 e. The van der Waals surface area contributed by atoms with Crippen molar-refractivity contribution in [3.63, 3.8) is 0 Å². The van der Waals surface area contributed by atoms with Gasteiger partial charge in [-0.15, -0.1) is 0 Å². The van der Waals surface area contributed by atoms with Gasteiger partial charge in [0.1, 0.15) is 71.8 Å². The fraction of sp³-hybridized carbons (Fsp3) is 0.455. The number of aliphatic hydroxyl groups is 9. The van der Waals surface area contributed by atoms with Crippen molar-refractivity contribution in [3.8, 4) is 51.6 Å². The highest BCUT2D eigenvalue weighted by Crippen LogP contribution is 2.44. The van der Waals surface area contributed by atoms with Gasteiger partial charge < -0.3 is 104 Å². The molecule has 67 heavy (non-hydrogen) atoms. The molecule has 3 aliphatic rings.